The van der Waals surface area contributed by atoms with Crippen LogP contribution in [-0.4, -0.2) is 17.9 Å². The first-order valence-electron chi connectivity index (χ1n) is 7.95. The lowest BCUT2D eigenvalue weighted by molar-refractivity contribution is 0.0982. The fourth-order valence-electron chi connectivity index (χ4n) is 2.68. The Kier molecular flexibility index (Phi) is 4.81. The van der Waals surface area contributed by atoms with Crippen LogP contribution in [0.25, 0.3) is 10.9 Å². The summed E-state index contributed by atoms with van der Waals surface area (Å²) in [4.78, 5) is 17.1. The van der Waals surface area contributed by atoms with E-state index in [0.717, 1.165) is 33.6 Å². The van der Waals surface area contributed by atoms with E-state index in [1.54, 1.807) is 24.6 Å². The number of anilines is 2. The number of hydrogen-bond donors (Lipinski definition) is 1. The number of rotatable bonds is 6. The zero-order valence-corrected chi connectivity index (χ0v) is 14.9. The molecule has 0 saturated heterocycles. The number of ether oxygens (including phenoxy) is 1. The van der Waals surface area contributed by atoms with E-state index in [1.165, 1.54) is 0 Å². The maximum Gasteiger partial charge on any atom is 0.166 e. The number of para-hydroxylation sites is 1. The Morgan fingerprint density at radius 1 is 1.33 bits per heavy atom. The number of nitrogens with one attached hydrogen (secondary N) is 1. The van der Waals surface area contributed by atoms with Gasteiger partial charge in [-0.15, -0.1) is 11.3 Å². The second kappa shape index (κ2) is 7.01. The number of nitrogens with zero attached hydrogens (tertiary/aromatic N) is 1. The van der Waals surface area contributed by atoms with Crippen LogP contribution in [0.1, 0.15) is 35.7 Å². The zero-order chi connectivity index (χ0) is 17.1. The van der Waals surface area contributed by atoms with Crippen molar-refractivity contribution in [1.29, 1.82) is 0 Å². The average Bonchev–Trinajstić information content (AvgIpc) is 2.99. The summed E-state index contributed by atoms with van der Waals surface area (Å²) >= 11 is 1.62. The quantitative estimate of drug-likeness (QED) is 0.615. The van der Waals surface area contributed by atoms with Crippen LogP contribution in [-0.2, 0) is 0 Å². The van der Waals surface area contributed by atoms with Gasteiger partial charge in [-0.05, 0) is 36.4 Å². The molecule has 0 aliphatic heterocycles. The van der Waals surface area contributed by atoms with Crippen molar-refractivity contribution in [2.24, 2.45) is 0 Å². The molecule has 2 heterocycles. The van der Waals surface area contributed by atoms with Crippen LogP contribution < -0.4 is 10.1 Å². The molecule has 0 fully saturated rings. The Balaban J connectivity index is 2.21. The molecule has 0 radical (unpaired) electrons. The van der Waals surface area contributed by atoms with E-state index in [4.69, 9.17) is 4.74 Å². The van der Waals surface area contributed by atoms with Gasteiger partial charge in [0.05, 0.1) is 23.4 Å². The number of ketones is 1. The zero-order valence-electron chi connectivity index (χ0n) is 14.1. The van der Waals surface area contributed by atoms with E-state index < -0.39 is 0 Å². The second-order valence-corrected chi connectivity index (χ2v) is 6.55. The highest BCUT2D eigenvalue weighted by atomic mass is 32.1. The molecule has 24 heavy (non-hydrogen) atoms. The van der Waals surface area contributed by atoms with Crippen molar-refractivity contribution in [3.8, 4) is 5.75 Å². The number of carbonyl (C=O) groups is 1. The van der Waals surface area contributed by atoms with Gasteiger partial charge in [0.1, 0.15) is 11.3 Å². The topological polar surface area (TPSA) is 51.2 Å². The molecule has 0 unspecified atom stereocenters. The van der Waals surface area contributed by atoms with Crippen molar-refractivity contribution in [3.05, 3.63) is 47.0 Å². The number of benzene rings is 1. The van der Waals surface area contributed by atoms with E-state index in [-0.39, 0.29) is 5.78 Å². The van der Waals surface area contributed by atoms with Crippen molar-refractivity contribution in [3.63, 3.8) is 0 Å². The summed E-state index contributed by atoms with van der Waals surface area (Å²) in [6.07, 6.45) is 2.98. The minimum Gasteiger partial charge on any atom is -0.494 e. The lowest BCUT2D eigenvalue weighted by Gasteiger charge is -2.15. The van der Waals surface area contributed by atoms with Crippen molar-refractivity contribution in [1.82, 2.24) is 4.98 Å². The first kappa shape index (κ1) is 16.5. The first-order chi connectivity index (χ1) is 11.7. The Bertz CT molecular complexity index is 886. The summed E-state index contributed by atoms with van der Waals surface area (Å²) < 4.78 is 5.42. The first-order valence-corrected chi connectivity index (χ1v) is 8.83. The molecule has 0 saturated carbocycles. The molecule has 3 aromatic rings. The van der Waals surface area contributed by atoms with Gasteiger partial charge < -0.3 is 10.1 Å². The monoisotopic (exact) mass is 340 g/mol. The number of Topliss-reactive ketones (excluding diaryl/α,β-unsaturated/α-hetero) is 1. The number of fused-ring (bicyclic) bond motifs is 1. The van der Waals surface area contributed by atoms with Crippen molar-refractivity contribution in [2.75, 3.05) is 12.4 Å². The van der Waals surface area contributed by atoms with Crippen molar-refractivity contribution >= 4 is 38.7 Å². The van der Waals surface area contributed by atoms with Crippen LogP contribution in [0.15, 0.2) is 35.8 Å². The molecule has 5 heteroatoms. The minimum absolute atomic E-state index is 0.103. The van der Waals surface area contributed by atoms with E-state index in [1.807, 2.05) is 30.5 Å². The molecule has 4 nitrogen and oxygen atoms in total. The number of pyridine rings is 1. The van der Waals surface area contributed by atoms with Gasteiger partial charge in [0.2, 0.25) is 0 Å². The van der Waals surface area contributed by atoms with Gasteiger partial charge in [-0.25, -0.2) is 0 Å². The third-order valence-corrected chi connectivity index (χ3v) is 4.89. The maximum absolute atomic E-state index is 12.6. The van der Waals surface area contributed by atoms with Gasteiger partial charge in [-0.3, -0.25) is 9.78 Å². The van der Waals surface area contributed by atoms with E-state index >= 15 is 0 Å². The van der Waals surface area contributed by atoms with Crippen molar-refractivity contribution in [2.45, 2.75) is 26.7 Å². The van der Waals surface area contributed by atoms with E-state index in [0.29, 0.717) is 17.7 Å². The molecular formula is C19H20N2O2S. The number of methoxy groups -OCH3 is 1. The fourth-order valence-corrected chi connectivity index (χ4v) is 3.51. The SMILES string of the molecule is CCCC(=O)c1cnc2c(OC)cccc2c1Nc1sccc1C. The fraction of sp³-hybridized carbons (Fsp3) is 0.263. The normalized spacial score (nSPS) is 10.8. The summed E-state index contributed by atoms with van der Waals surface area (Å²) in [7, 11) is 1.63. The predicted molar refractivity (Wildman–Crippen MR) is 99.9 cm³/mol. The van der Waals surface area contributed by atoms with Gasteiger partial charge in [0, 0.05) is 18.0 Å². The highest BCUT2D eigenvalue weighted by Crippen LogP contribution is 2.36. The third kappa shape index (κ3) is 2.99. The van der Waals surface area contributed by atoms with Crippen LogP contribution in [0, 0.1) is 6.92 Å². The van der Waals surface area contributed by atoms with E-state index in [2.05, 4.69) is 23.3 Å². The lowest BCUT2D eigenvalue weighted by atomic mass is 10.0. The Hall–Kier alpha value is -2.40. The molecule has 0 aliphatic rings. The van der Waals surface area contributed by atoms with Crippen LogP contribution in [0.3, 0.4) is 0 Å². The number of thiophene rings is 1. The van der Waals surface area contributed by atoms with Gasteiger partial charge in [0.25, 0.3) is 0 Å². The van der Waals surface area contributed by atoms with Crippen LogP contribution in [0.5, 0.6) is 5.75 Å². The smallest absolute Gasteiger partial charge is 0.166 e. The predicted octanol–water partition coefficient (Wildman–Crippen LogP) is 5.34. The van der Waals surface area contributed by atoms with E-state index in [9.17, 15) is 4.79 Å². The highest BCUT2D eigenvalue weighted by molar-refractivity contribution is 7.14. The minimum atomic E-state index is 0.103. The van der Waals surface area contributed by atoms with Gasteiger partial charge in [-0.1, -0.05) is 19.1 Å². The van der Waals surface area contributed by atoms with Gasteiger partial charge in [-0.2, -0.15) is 0 Å². The third-order valence-electron chi connectivity index (χ3n) is 3.96. The summed E-state index contributed by atoms with van der Waals surface area (Å²) in [5, 5.41) is 7.42. The lowest BCUT2D eigenvalue weighted by Crippen LogP contribution is -2.06. The molecule has 0 amide bonds. The molecule has 2 aromatic heterocycles. The number of aryl methyl sites for hydroxylation is 1. The molecule has 0 atom stereocenters. The summed E-state index contributed by atoms with van der Waals surface area (Å²) in [6, 6.07) is 7.83. The largest absolute Gasteiger partial charge is 0.494 e. The van der Waals surface area contributed by atoms with Crippen LogP contribution in [0.4, 0.5) is 10.7 Å². The Morgan fingerprint density at radius 3 is 2.83 bits per heavy atom. The van der Waals surface area contributed by atoms with Gasteiger partial charge in [0.15, 0.2) is 5.78 Å². The number of aromatic nitrogens is 1. The Morgan fingerprint density at radius 2 is 2.17 bits per heavy atom. The molecule has 3 rings (SSSR count). The number of carbonyl (C=O) groups excluding carboxylic acids is 1. The molecule has 1 aromatic carbocycles. The number of hydrogen-bond acceptors (Lipinski definition) is 5. The molecule has 1 N–H and O–H groups in total. The molecule has 0 spiro atoms. The Labute approximate surface area is 145 Å². The molecule has 0 aliphatic carbocycles. The average molecular weight is 340 g/mol. The van der Waals surface area contributed by atoms with Crippen LogP contribution >= 0.6 is 11.3 Å². The highest BCUT2D eigenvalue weighted by Gasteiger charge is 2.17. The molecule has 124 valence electrons. The summed E-state index contributed by atoms with van der Waals surface area (Å²) in [5.74, 6) is 0.805. The van der Waals surface area contributed by atoms with Crippen molar-refractivity contribution < 1.29 is 9.53 Å². The van der Waals surface area contributed by atoms with Crippen LogP contribution in [0.2, 0.25) is 0 Å². The van der Waals surface area contributed by atoms with Gasteiger partial charge >= 0.3 is 0 Å². The summed E-state index contributed by atoms with van der Waals surface area (Å²) in [5.41, 5.74) is 3.35. The standard InChI is InChI=1S/C19H20N2O2S/c1-4-6-15(22)14-11-20-18-13(7-5-8-16(18)23-3)17(14)21-19-12(2)9-10-24-19/h5,7-11H,4,6H2,1-3H3,(H,20,21). The molecule has 0 bridgehead atoms. The maximum atomic E-state index is 12.6. The molecular weight excluding hydrogens is 320 g/mol. The summed E-state index contributed by atoms with van der Waals surface area (Å²) in [6.45, 7) is 4.06. The second-order valence-electron chi connectivity index (χ2n) is 5.63.